The molecule has 0 fully saturated rings. The summed E-state index contributed by atoms with van der Waals surface area (Å²) in [5.74, 6) is 2.48. The number of aliphatic imine (C=N–C) groups is 1. The number of rotatable bonds is 5. The van der Waals surface area contributed by atoms with Gasteiger partial charge in [-0.25, -0.2) is 0 Å². The van der Waals surface area contributed by atoms with Crippen molar-refractivity contribution in [2.24, 2.45) is 4.99 Å². The summed E-state index contributed by atoms with van der Waals surface area (Å²) >= 11 is 0. The molecule has 0 N–H and O–H groups in total. The molecular formula is C21H25NO3. The maximum absolute atomic E-state index is 5.47. The van der Waals surface area contributed by atoms with Crippen LogP contribution in [-0.4, -0.2) is 33.6 Å². The summed E-state index contributed by atoms with van der Waals surface area (Å²) < 4.78 is 16.4. The molecule has 0 aromatic heterocycles. The summed E-state index contributed by atoms with van der Waals surface area (Å²) in [5, 5.41) is 0. The Morgan fingerprint density at radius 3 is 2.12 bits per heavy atom. The quantitative estimate of drug-likeness (QED) is 0.829. The van der Waals surface area contributed by atoms with E-state index in [1.54, 1.807) is 21.3 Å². The van der Waals surface area contributed by atoms with Crippen molar-refractivity contribution < 1.29 is 14.2 Å². The summed E-state index contributed by atoms with van der Waals surface area (Å²) in [7, 11) is 5.06. The van der Waals surface area contributed by atoms with Crippen molar-refractivity contribution in [2.75, 3.05) is 27.9 Å². The second-order valence-corrected chi connectivity index (χ2v) is 6.38. The molecule has 0 spiro atoms. The third-order valence-electron chi connectivity index (χ3n) is 4.70. The van der Waals surface area contributed by atoms with Crippen molar-refractivity contribution in [1.82, 2.24) is 0 Å². The predicted molar refractivity (Wildman–Crippen MR) is 101 cm³/mol. The second kappa shape index (κ2) is 7.18. The highest BCUT2D eigenvalue weighted by molar-refractivity contribution is 6.04. The molecule has 0 saturated heterocycles. The normalized spacial score (nSPS) is 13.1. The lowest BCUT2D eigenvalue weighted by Gasteiger charge is -2.20. The molecule has 2 aromatic rings. The topological polar surface area (TPSA) is 40.0 Å². The summed E-state index contributed by atoms with van der Waals surface area (Å²) in [5.41, 5.74) is 7.09. The van der Waals surface area contributed by atoms with E-state index in [0.717, 1.165) is 59.0 Å². The fraction of sp³-hybridized carbons (Fsp3) is 0.381. The standard InChI is InChI=1S/C21H25NO3/c1-13-8-15(9-14(2)21(13)25-5)10-18-17-12-20(24-4)19(23-3)11-16(17)6-7-22-18/h8-9,11-12H,6-7,10H2,1-5H3. The molecule has 0 atom stereocenters. The van der Waals surface area contributed by atoms with E-state index in [0.29, 0.717) is 0 Å². The van der Waals surface area contributed by atoms with Crippen LogP contribution in [-0.2, 0) is 12.8 Å². The molecule has 0 amide bonds. The van der Waals surface area contributed by atoms with Crippen molar-refractivity contribution in [3.8, 4) is 17.2 Å². The third kappa shape index (κ3) is 3.34. The Kier molecular flexibility index (Phi) is 4.98. The van der Waals surface area contributed by atoms with E-state index in [1.807, 2.05) is 0 Å². The van der Waals surface area contributed by atoms with Crippen LogP contribution < -0.4 is 14.2 Å². The number of hydrogen-bond donors (Lipinski definition) is 0. The number of fused-ring (bicyclic) bond motifs is 1. The fourth-order valence-corrected chi connectivity index (χ4v) is 3.60. The lowest BCUT2D eigenvalue weighted by atomic mass is 9.92. The van der Waals surface area contributed by atoms with Crippen molar-refractivity contribution in [3.05, 3.63) is 52.1 Å². The molecule has 2 aromatic carbocycles. The van der Waals surface area contributed by atoms with Crippen molar-refractivity contribution in [1.29, 1.82) is 0 Å². The van der Waals surface area contributed by atoms with Crippen LogP contribution in [0.25, 0.3) is 0 Å². The lowest BCUT2D eigenvalue weighted by molar-refractivity contribution is 0.354. The zero-order valence-electron chi connectivity index (χ0n) is 15.6. The van der Waals surface area contributed by atoms with Crippen LogP contribution in [0.2, 0.25) is 0 Å². The minimum Gasteiger partial charge on any atom is -0.496 e. The minimum absolute atomic E-state index is 0.748. The molecule has 0 saturated carbocycles. The molecule has 1 aliphatic rings. The molecule has 132 valence electrons. The number of nitrogens with zero attached hydrogens (tertiary/aromatic N) is 1. The van der Waals surface area contributed by atoms with Gasteiger partial charge in [-0.05, 0) is 54.7 Å². The van der Waals surface area contributed by atoms with Gasteiger partial charge in [0.15, 0.2) is 11.5 Å². The number of aryl methyl sites for hydroxylation is 2. The first-order chi connectivity index (χ1) is 12.1. The zero-order valence-corrected chi connectivity index (χ0v) is 15.6. The lowest BCUT2D eigenvalue weighted by Crippen LogP contribution is -2.16. The molecule has 0 radical (unpaired) electrons. The summed E-state index contributed by atoms with van der Waals surface area (Å²) in [6.45, 7) is 4.98. The van der Waals surface area contributed by atoms with Crippen LogP contribution >= 0.6 is 0 Å². The summed E-state index contributed by atoms with van der Waals surface area (Å²) in [6.07, 6.45) is 1.73. The Hall–Kier alpha value is -2.49. The van der Waals surface area contributed by atoms with Crippen LogP contribution in [0.5, 0.6) is 17.2 Å². The maximum Gasteiger partial charge on any atom is 0.161 e. The maximum atomic E-state index is 5.47. The van der Waals surface area contributed by atoms with Gasteiger partial charge in [-0.2, -0.15) is 0 Å². The molecule has 0 aliphatic carbocycles. The number of ether oxygens (including phenoxy) is 3. The van der Waals surface area contributed by atoms with Crippen LogP contribution in [0.4, 0.5) is 0 Å². The minimum atomic E-state index is 0.748. The summed E-state index contributed by atoms with van der Waals surface area (Å²) in [6, 6.07) is 8.50. The highest BCUT2D eigenvalue weighted by atomic mass is 16.5. The Morgan fingerprint density at radius 1 is 0.880 bits per heavy atom. The van der Waals surface area contributed by atoms with E-state index >= 15 is 0 Å². The molecule has 4 nitrogen and oxygen atoms in total. The van der Waals surface area contributed by atoms with E-state index in [4.69, 9.17) is 19.2 Å². The van der Waals surface area contributed by atoms with Gasteiger partial charge in [0.05, 0.1) is 21.3 Å². The van der Waals surface area contributed by atoms with Gasteiger partial charge >= 0.3 is 0 Å². The highest BCUT2D eigenvalue weighted by Gasteiger charge is 2.19. The van der Waals surface area contributed by atoms with Gasteiger partial charge in [-0.15, -0.1) is 0 Å². The number of hydrogen-bond acceptors (Lipinski definition) is 4. The van der Waals surface area contributed by atoms with Crippen LogP contribution in [0.15, 0.2) is 29.3 Å². The first-order valence-electron chi connectivity index (χ1n) is 8.50. The van der Waals surface area contributed by atoms with Gasteiger partial charge in [0, 0.05) is 24.2 Å². The number of methoxy groups -OCH3 is 3. The average molecular weight is 339 g/mol. The number of benzene rings is 2. The van der Waals surface area contributed by atoms with Crippen molar-refractivity contribution in [3.63, 3.8) is 0 Å². The van der Waals surface area contributed by atoms with E-state index < -0.39 is 0 Å². The first kappa shape index (κ1) is 17.3. The Bertz CT molecular complexity index is 801. The van der Waals surface area contributed by atoms with E-state index in [2.05, 4.69) is 38.1 Å². The molecule has 3 rings (SSSR count). The average Bonchev–Trinajstić information content (AvgIpc) is 2.60. The largest absolute Gasteiger partial charge is 0.496 e. The van der Waals surface area contributed by atoms with Crippen LogP contribution in [0.3, 0.4) is 0 Å². The Morgan fingerprint density at radius 2 is 1.52 bits per heavy atom. The van der Waals surface area contributed by atoms with Gasteiger partial charge in [0.1, 0.15) is 5.75 Å². The van der Waals surface area contributed by atoms with E-state index in [1.165, 1.54) is 11.1 Å². The van der Waals surface area contributed by atoms with Crippen molar-refractivity contribution >= 4 is 5.71 Å². The van der Waals surface area contributed by atoms with E-state index in [9.17, 15) is 0 Å². The summed E-state index contributed by atoms with van der Waals surface area (Å²) in [4.78, 5) is 4.79. The van der Waals surface area contributed by atoms with Gasteiger partial charge in [0.2, 0.25) is 0 Å². The third-order valence-corrected chi connectivity index (χ3v) is 4.70. The fourth-order valence-electron chi connectivity index (χ4n) is 3.60. The van der Waals surface area contributed by atoms with Crippen LogP contribution in [0.1, 0.15) is 27.8 Å². The smallest absolute Gasteiger partial charge is 0.161 e. The van der Waals surface area contributed by atoms with Gasteiger partial charge in [0.25, 0.3) is 0 Å². The zero-order chi connectivity index (χ0) is 18.0. The second-order valence-electron chi connectivity index (χ2n) is 6.38. The highest BCUT2D eigenvalue weighted by Crippen LogP contribution is 2.33. The predicted octanol–water partition coefficient (Wildman–Crippen LogP) is 3.92. The van der Waals surface area contributed by atoms with Crippen LogP contribution in [0, 0.1) is 13.8 Å². The monoisotopic (exact) mass is 339 g/mol. The molecule has 1 aliphatic heterocycles. The van der Waals surface area contributed by atoms with Gasteiger partial charge in [-0.1, -0.05) is 12.1 Å². The molecular weight excluding hydrogens is 314 g/mol. The van der Waals surface area contributed by atoms with Crippen molar-refractivity contribution in [2.45, 2.75) is 26.7 Å². The van der Waals surface area contributed by atoms with Gasteiger partial charge < -0.3 is 14.2 Å². The first-order valence-corrected chi connectivity index (χ1v) is 8.50. The molecule has 0 unspecified atom stereocenters. The molecule has 25 heavy (non-hydrogen) atoms. The Labute approximate surface area is 149 Å². The van der Waals surface area contributed by atoms with Gasteiger partial charge in [-0.3, -0.25) is 4.99 Å². The molecule has 4 heteroatoms. The SMILES string of the molecule is COc1cc2c(cc1OC)C(Cc1cc(C)c(OC)c(C)c1)=NCC2. The molecule has 0 bridgehead atoms. The van der Waals surface area contributed by atoms with E-state index in [-0.39, 0.29) is 0 Å². The Balaban J connectivity index is 1.97. The molecule has 1 heterocycles.